The Labute approximate surface area is 114 Å². The van der Waals surface area contributed by atoms with Gasteiger partial charge in [-0.2, -0.15) is 5.26 Å². The van der Waals surface area contributed by atoms with Gasteiger partial charge in [0.2, 0.25) is 5.91 Å². The summed E-state index contributed by atoms with van der Waals surface area (Å²) in [6, 6.07) is 5.16. The number of hydrogen-bond acceptors (Lipinski definition) is 6. The minimum Gasteiger partial charge on any atom is -0.378 e. The Balaban J connectivity index is 2.18. The Hall–Kier alpha value is -2.50. The maximum absolute atomic E-state index is 12.0. The summed E-state index contributed by atoms with van der Waals surface area (Å²) in [5, 5.41) is 25.1. The fourth-order valence-corrected chi connectivity index (χ4v) is 1.81. The van der Waals surface area contributed by atoms with E-state index in [0.717, 1.165) is 6.07 Å². The maximum Gasteiger partial charge on any atom is 0.294 e. The van der Waals surface area contributed by atoms with Crippen LogP contribution in [-0.4, -0.2) is 36.6 Å². The monoisotopic (exact) mass is 276 g/mol. The molecule has 8 nitrogen and oxygen atoms in total. The number of morpholine rings is 1. The number of nitriles is 1. The smallest absolute Gasteiger partial charge is 0.294 e. The average molecular weight is 276 g/mol. The number of nitro groups is 1. The quantitative estimate of drug-likeness (QED) is 0.609. The molecule has 1 aliphatic heterocycles. The summed E-state index contributed by atoms with van der Waals surface area (Å²) in [4.78, 5) is 22.3. The van der Waals surface area contributed by atoms with E-state index < -0.39 is 16.9 Å². The summed E-state index contributed by atoms with van der Waals surface area (Å²) in [5.41, 5.74) is -0.0886. The van der Waals surface area contributed by atoms with Gasteiger partial charge in [-0.15, -0.1) is 0 Å². The predicted molar refractivity (Wildman–Crippen MR) is 69.1 cm³/mol. The molecule has 0 radical (unpaired) electrons. The molecule has 1 aromatic carbocycles. The number of carbonyl (C=O) groups is 1. The van der Waals surface area contributed by atoms with Crippen LogP contribution in [0.4, 0.5) is 11.4 Å². The molecule has 1 heterocycles. The van der Waals surface area contributed by atoms with Crippen LogP contribution in [0, 0.1) is 21.4 Å². The van der Waals surface area contributed by atoms with Gasteiger partial charge in [0.25, 0.3) is 5.69 Å². The molecule has 1 atom stereocenters. The summed E-state index contributed by atoms with van der Waals surface area (Å²) >= 11 is 0. The van der Waals surface area contributed by atoms with Crippen molar-refractivity contribution < 1.29 is 14.5 Å². The highest BCUT2D eigenvalue weighted by Gasteiger charge is 2.24. The SMILES string of the molecule is N#Cc1ccc(NC(=O)C2COCCN2)c([N+](=O)[O-])c1. The number of benzene rings is 1. The van der Waals surface area contributed by atoms with Crippen LogP contribution < -0.4 is 10.6 Å². The van der Waals surface area contributed by atoms with Crippen LogP contribution in [0.25, 0.3) is 0 Å². The van der Waals surface area contributed by atoms with Gasteiger partial charge in [-0.05, 0) is 12.1 Å². The van der Waals surface area contributed by atoms with Gasteiger partial charge in [0, 0.05) is 12.6 Å². The number of carbonyl (C=O) groups excluding carboxylic acids is 1. The maximum atomic E-state index is 12.0. The minimum absolute atomic E-state index is 0.0615. The first-order chi connectivity index (χ1) is 9.61. The molecule has 0 bridgehead atoms. The van der Waals surface area contributed by atoms with E-state index in [0.29, 0.717) is 13.2 Å². The molecule has 1 saturated heterocycles. The van der Waals surface area contributed by atoms with Crippen LogP contribution in [0.1, 0.15) is 5.56 Å². The highest BCUT2D eigenvalue weighted by molar-refractivity contribution is 5.97. The summed E-state index contributed by atoms with van der Waals surface area (Å²) in [6.07, 6.45) is 0. The lowest BCUT2D eigenvalue weighted by atomic mass is 10.1. The van der Waals surface area contributed by atoms with Gasteiger partial charge in [-0.1, -0.05) is 0 Å². The van der Waals surface area contributed by atoms with Crippen LogP contribution in [0.5, 0.6) is 0 Å². The minimum atomic E-state index is -0.638. The van der Waals surface area contributed by atoms with Gasteiger partial charge >= 0.3 is 0 Å². The van der Waals surface area contributed by atoms with Crippen molar-refractivity contribution in [3.05, 3.63) is 33.9 Å². The number of nitrogens with zero attached hydrogens (tertiary/aromatic N) is 2. The summed E-state index contributed by atoms with van der Waals surface area (Å²) in [7, 11) is 0. The number of ether oxygens (including phenoxy) is 1. The van der Waals surface area contributed by atoms with Gasteiger partial charge in [0.15, 0.2) is 0 Å². The van der Waals surface area contributed by atoms with Crippen molar-refractivity contribution in [3.63, 3.8) is 0 Å². The Morgan fingerprint density at radius 1 is 1.60 bits per heavy atom. The van der Waals surface area contributed by atoms with E-state index in [1.54, 1.807) is 0 Å². The number of anilines is 1. The molecule has 1 unspecified atom stereocenters. The third kappa shape index (κ3) is 3.09. The fourth-order valence-electron chi connectivity index (χ4n) is 1.81. The van der Waals surface area contributed by atoms with Gasteiger partial charge in [0.1, 0.15) is 11.7 Å². The number of amides is 1. The first kappa shape index (κ1) is 13.9. The number of nitro benzene ring substituents is 1. The molecule has 2 N–H and O–H groups in total. The molecule has 104 valence electrons. The van der Waals surface area contributed by atoms with Gasteiger partial charge < -0.3 is 15.4 Å². The zero-order valence-electron chi connectivity index (χ0n) is 10.5. The van der Waals surface area contributed by atoms with E-state index in [1.807, 2.05) is 6.07 Å². The van der Waals surface area contributed by atoms with E-state index >= 15 is 0 Å². The summed E-state index contributed by atoms with van der Waals surface area (Å²) < 4.78 is 5.15. The molecule has 0 saturated carbocycles. The number of hydrogen-bond donors (Lipinski definition) is 2. The Morgan fingerprint density at radius 3 is 3.00 bits per heavy atom. The Bertz CT molecular complexity index is 575. The predicted octanol–water partition coefficient (Wildman–Crippen LogP) is 0.393. The van der Waals surface area contributed by atoms with Crippen molar-refractivity contribution in [1.29, 1.82) is 5.26 Å². The lowest BCUT2D eigenvalue weighted by molar-refractivity contribution is -0.384. The molecular formula is C12H12N4O4. The van der Waals surface area contributed by atoms with E-state index in [4.69, 9.17) is 10.00 Å². The summed E-state index contributed by atoms with van der Waals surface area (Å²) in [6.45, 7) is 1.30. The Morgan fingerprint density at radius 2 is 2.40 bits per heavy atom. The molecule has 1 aromatic rings. The molecule has 1 aliphatic rings. The molecule has 8 heteroatoms. The van der Waals surface area contributed by atoms with Crippen molar-refractivity contribution in [2.24, 2.45) is 0 Å². The van der Waals surface area contributed by atoms with Crippen molar-refractivity contribution in [2.45, 2.75) is 6.04 Å². The highest BCUT2D eigenvalue weighted by Crippen LogP contribution is 2.25. The lowest BCUT2D eigenvalue weighted by Gasteiger charge is -2.22. The van der Waals surface area contributed by atoms with E-state index in [1.165, 1.54) is 12.1 Å². The van der Waals surface area contributed by atoms with Crippen LogP contribution in [0.3, 0.4) is 0 Å². The first-order valence-electron chi connectivity index (χ1n) is 5.92. The third-order valence-corrected chi connectivity index (χ3v) is 2.82. The molecule has 0 aromatic heterocycles. The second-order valence-electron chi connectivity index (χ2n) is 4.17. The molecule has 0 spiro atoms. The molecule has 20 heavy (non-hydrogen) atoms. The van der Waals surface area contributed by atoms with Crippen LogP contribution in [-0.2, 0) is 9.53 Å². The van der Waals surface area contributed by atoms with Crippen LogP contribution in [0.2, 0.25) is 0 Å². The van der Waals surface area contributed by atoms with Crippen LogP contribution >= 0.6 is 0 Å². The standard InChI is InChI=1S/C12H12N4O4/c13-6-8-1-2-9(11(5-8)16(18)19)15-12(17)10-7-20-4-3-14-10/h1-2,5,10,14H,3-4,7H2,(H,15,17). The van der Waals surface area contributed by atoms with E-state index in [9.17, 15) is 14.9 Å². The zero-order valence-corrected chi connectivity index (χ0v) is 10.5. The molecular weight excluding hydrogens is 264 g/mol. The van der Waals surface area contributed by atoms with E-state index in [2.05, 4.69) is 10.6 Å². The second kappa shape index (κ2) is 6.10. The number of rotatable bonds is 3. The third-order valence-electron chi connectivity index (χ3n) is 2.82. The molecule has 1 fully saturated rings. The van der Waals surface area contributed by atoms with Crippen molar-refractivity contribution in [1.82, 2.24) is 5.32 Å². The normalized spacial score (nSPS) is 18.1. The van der Waals surface area contributed by atoms with Gasteiger partial charge in [-0.25, -0.2) is 0 Å². The van der Waals surface area contributed by atoms with E-state index in [-0.39, 0.29) is 23.5 Å². The highest BCUT2D eigenvalue weighted by atomic mass is 16.6. The summed E-state index contributed by atoms with van der Waals surface area (Å²) in [5.74, 6) is -0.405. The molecule has 1 amide bonds. The van der Waals surface area contributed by atoms with Crippen molar-refractivity contribution in [2.75, 3.05) is 25.1 Å². The molecule has 2 rings (SSSR count). The lowest BCUT2D eigenvalue weighted by Crippen LogP contribution is -2.48. The second-order valence-corrected chi connectivity index (χ2v) is 4.17. The fraction of sp³-hybridized carbons (Fsp3) is 0.333. The first-order valence-corrected chi connectivity index (χ1v) is 5.92. The molecule has 0 aliphatic carbocycles. The number of nitrogens with one attached hydrogen (secondary N) is 2. The average Bonchev–Trinajstić information content (AvgIpc) is 2.48. The van der Waals surface area contributed by atoms with Crippen LogP contribution in [0.15, 0.2) is 18.2 Å². The Kier molecular flexibility index (Phi) is 4.24. The van der Waals surface area contributed by atoms with Crippen molar-refractivity contribution in [3.8, 4) is 6.07 Å². The topological polar surface area (TPSA) is 117 Å². The largest absolute Gasteiger partial charge is 0.378 e. The van der Waals surface area contributed by atoms with Gasteiger partial charge in [0.05, 0.1) is 29.8 Å². The zero-order chi connectivity index (χ0) is 14.5. The van der Waals surface area contributed by atoms with Crippen molar-refractivity contribution >= 4 is 17.3 Å². The van der Waals surface area contributed by atoms with Gasteiger partial charge in [-0.3, -0.25) is 14.9 Å².